The zero-order valence-corrected chi connectivity index (χ0v) is 17.5. The lowest BCUT2D eigenvalue weighted by molar-refractivity contribution is 0.0733. The van der Waals surface area contributed by atoms with Crippen molar-refractivity contribution in [1.29, 1.82) is 0 Å². The van der Waals surface area contributed by atoms with Gasteiger partial charge in [-0.3, -0.25) is 9.48 Å². The molecule has 146 valence electrons. The summed E-state index contributed by atoms with van der Waals surface area (Å²) in [5.41, 5.74) is 4.87. The first-order valence-electron chi connectivity index (χ1n) is 9.42. The number of aromatic nitrogens is 5. The molecule has 8 heteroatoms. The molecule has 2 aromatic heterocycles. The molecule has 28 heavy (non-hydrogen) atoms. The molecule has 1 aliphatic rings. The Morgan fingerprint density at radius 3 is 2.82 bits per heavy atom. The van der Waals surface area contributed by atoms with Crippen molar-refractivity contribution in [2.75, 3.05) is 12.3 Å². The summed E-state index contributed by atoms with van der Waals surface area (Å²) in [6.45, 7) is 5.32. The Balaban J connectivity index is 1.68. The lowest BCUT2D eigenvalue weighted by atomic mass is 10.0. The third-order valence-electron chi connectivity index (χ3n) is 5.11. The Labute approximate surface area is 168 Å². The van der Waals surface area contributed by atoms with Gasteiger partial charge in [-0.25, -0.2) is 0 Å². The van der Waals surface area contributed by atoms with Gasteiger partial charge in [-0.15, -0.1) is 10.2 Å². The second-order valence-corrected chi connectivity index (χ2v) is 8.27. The van der Waals surface area contributed by atoms with Crippen LogP contribution < -0.4 is 0 Å². The monoisotopic (exact) mass is 396 g/mol. The Bertz CT molecular complexity index is 1040. The van der Waals surface area contributed by atoms with Crippen molar-refractivity contribution in [3.63, 3.8) is 0 Å². The van der Waals surface area contributed by atoms with Crippen molar-refractivity contribution >= 4 is 17.7 Å². The molecule has 4 rings (SSSR count). The summed E-state index contributed by atoms with van der Waals surface area (Å²) in [4.78, 5) is 14.9. The van der Waals surface area contributed by atoms with Crippen LogP contribution in [-0.4, -0.2) is 47.6 Å². The lowest BCUT2D eigenvalue weighted by Crippen LogP contribution is -2.36. The maximum atomic E-state index is 13.0. The van der Waals surface area contributed by atoms with Gasteiger partial charge in [0.05, 0.1) is 6.54 Å². The van der Waals surface area contributed by atoms with Crippen LogP contribution in [-0.2, 0) is 27.1 Å². The number of amides is 1. The van der Waals surface area contributed by atoms with E-state index in [4.69, 9.17) is 5.10 Å². The van der Waals surface area contributed by atoms with E-state index in [2.05, 4.69) is 17.1 Å². The number of aryl methyl sites for hydroxylation is 2. The van der Waals surface area contributed by atoms with Crippen molar-refractivity contribution in [3.8, 4) is 11.5 Å². The van der Waals surface area contributed by atoms with Crippen LogP contribution in [0.4, 0.5) is 0 Å². The molecule has 0 bridgehead atoms. The van der Waals surface area contributed by atoms with Crippen molar-refractivity contribution < 1.29 is 4.79 Å². The largest absolute Gasteiger partial charge is 0.334 e. The molecule has 0 unspecified atom stereocenters. The van der Waals surface area contributed by atoms with E-state index in [1.807, 2.05) is 59.4 Å². The Kier molecular flexibility index (Phi) is 4.97. The summed E-state index contributed by atoms with van der Waals surface area (Å²) >= 11 is 1.66. The fraction of sp³-hybridized carbons (Fsp3) is 0.400. The maximum Gasteiger partial charge on any atom is 0.254 e. The van der Waals surface area contributed by atoms with Gasteiger partial charge in [0.25, 0.3) is 5.91 Å². The summed E-state index contributed by atoms with van der Waals surface area (Å²) < 4.78 is 3.90. The van der Waals surface area contributed by atoms with Crippen LogP contribution in [0.2, 0.25) is 0 Å². The molecule has 0 radical (unpaired) electrons. The molecular weight excluding hydrogens is 372 g/mol. The van der Waals surface area contributed by atoms with Crippen molar-refractivity contribution in [3.05, 3.63) is 46.6 Å². The number of hydrogen-bond acceptors (Lipinski definition) is 5. The SMILES string of the molecule is CCSc1nnc(-c2nn(C)c3c2CN(C(=O)c2cccc(C)c2)CC3)n1C. The van der Waals surface area contributed by atoms with E-state index in [0.29, 0.717) is 13.1 Å². The first kappa shape index (κ1) is 18.7. The van der Waals surface area contributed by atoms with Gasteiger partial charge in [-0.2, -0.15) is 5.10 Å². The zero-order chi connectivity index (χ0) is 19.8. The van der Waals surface area contributed by atoms with E-state index in [1.54, 1.807) is 11.8 Å². The second kappa shape index (κ2) is 7.43. The molecule has 3 heterocycles. The van der Waals surface area contributed by atoms with Gasteiger partial charge in [0, 0.05) is 43.9 Å². The van der Waals surface area contributed by atoms with Crippen LogP contribution in [0.15, 0.2) is 29.4 Å². The predicted molar refractivity (Wildman–Crippen MR) is 109 cm³/mol. The molecule has 0 saturated heterocycles. The Morgan fingerprint density at radius 1 is 1.25 bits per heavy atom. The van der Waals surface area contributed by atoms with E-state index < -0.39 is 0 Å². The fourth-order valence-electron chi connectivity index (χ4n) is 3.68. The highest BCUT2D eigenvalue weighted by Crippen LogP contribution is 2.30. The second-order valence-electron chi connectivity index (χ2n) is 7.04. The fourth-order valence-corrected chi connectivity index (χ4v) is 4.32. The molecule has 1 aliphatic heterocycles. The van der Waals surface area contributed by atoms with E-state index in [0.717, 1.165) is 51.2 Å². The number of thioether (sulfide) groups is 1. The average Bonchev–Trinajstić information content (AvgIpc) is 3.21. The molecule has 1 aromatic carbocycles. The highest BCUT2D eigenvalue weighted by atomic mass is 32.2. The molecule has 0 atom stereocenters. The van der Waals surface area contributed by atoms with Gasteiger partial charge in [0.2, 0.25) is 0 Å². The van der Waals surface area contributed by atoms with Crippen LogP contribution in [0.3, 0.4) is 0 Å². The van der Waals surface area contributed by atoms with Crippen molar-refractivity contribution in [1.82, 2.24) is 29.4 Å². The molecule has 1 amide bonds. The molecule has 0 aliphatic carbocycles. The van der Waals surface area contributed by atoms with Crippen LogP contribution in [0.25, 0.3) is 11.5 Å². The van der Waals surface area contributed by atoms with Gasteiger partial charge in [0.1, 0.15) is 5.69 Å². The third-order valence-corrected chi connectivity index (χ3v) is 6.02. The summed E-state index contributed by atoms with van der Waals surface area (Å²) in [6, 6.07) is 7.76. The number of nitrogens with zero attached hydrogens (tertiary/aromatic N) is 6. The predicted octanol–water partition coefficient (Wildman–Crippen LogP) is 2.83. The number of benzene rings is 1. The lowest BCUT2D eigenvalue weighted by Gasteiger charge is -2.28. The summed E-state index contributed by atoms with van der Waals surface area (Å²) in [7, 11) is 3.92. The number of hydrogen-bond donors (Lipinski definition) is 0. The third kappa shape index (κ3) is 3.22. The normalized spacial score (nSPS) is 13.6. The Hall–Kier alpha value is -2.61. The first-order chi connectivity index (χ1) is 13.5. The van der Waals surface area contributed by atoms with Gasteiger partial charge < -0.3 is 9.47 Å². The highest BCUT2D eigenvalue weighted by Gasteiger charge is 2.29. The molecular formula is C20H24N6OS. The van der Waals surface area contributed by atoms with Crippen LogP contribution >= 0.6 is 11.8 Å². The van der Waals surface area contributed by atoms with Gasteiger partial charge in [-0.1, -0.05) is 36.4 Å². The molecule has 0 saturated carbocycles. The van der Waals surface area contributed by atoms with Gasteiger partial charge >= 0.3 is 0 Å². The molecule has 0 spiro atoms. The quantitative estimate of drug-likeness (QED) is 0.635. The molecule has 3 aromatic rings. The topological polar surface area (TPSA) is 68.8 Å². The number of rotatable bonds is 4. The molecule has 7 nitrogen and oxygen atoms in total. The summed E-state index contributed by atoms with van der Waals surface area (Å²) in [6.07, 6.45) is 0.783. The summed E-state index contributed by atoms with van der Waals surface area (Å²) in [5, 5.41) is 14.3. The first-order valence-corrected chi connectivity index (χ1v) is 10.4. The highest BCUT2D eigenvalue weighted by molar-refractivity contribution is 7.99. The van der Waals surface area contributed by atoms with Gasteiger partial charge in [-0.05, 0) is 24.8 Å². The average molecular weight is 397 g/mol. The van der Waals surface area contributed by atoms with Crippen LogP contribution in [0.5, 0.6) is 0 Å². The van der Waals surface area contributed by atoms with Crippen LogP contribution in [0.1, 0.15) is 34.1 Å². The molecule has 0 fully saturated rings. The smallest absolute Gasteiger partial charge is 0.254 e. The number of carbonyl (C=O) groups is 1. The van der Waals surface area contributed by atoms with E-state index in [-0.39, 0.29) is 5.91 Å². The maximum absolute atomic E-state index is 13.0. The summed E-state index contributed by atoms with van der Waals surface area (Å²) in [5.74, 6) is 1.74. The number of fused-ring (bicyclic) bond motifs is 1. The van der Waals surface area contributed by atoms with Crippen molar-refractivity contribution in [2.45, 2.75) is 32.0 Å². The minimum Gasteiger partial charge on any atom is -0.334 e. The van der Waals surface area contributed by atoms with E-state index in [9.17, 15) is 4.79 Å². The number of carbonyl (C=O) groups excluding carboxylic acids is 1. The van der Waals surface area contributed by atoms with Gasteiger partial charge in [0.15, 0.2) is 11.0 Å². The minimum atomic E-state index is 0.0596. The van der Waals surface area contributed by atoms with Crippen molar-refractivity contribution in [2.24, 2.45) is 14.1 Å². The van der Waals surface area contributed by atoms with Crippen LogP contribution in [0, 0.1) is 6.92 Å². The van der Waals surface area contributed by atoms with E-state index >= 15 is 0 Å². The zero-order valence-electron chi connectivity index (χ0n) is 16.6. The molecule has 0 N–H and O–H groups in total. The van der Waals surface area contributed by atoms with E-state index in [1.165, 1.54) is 0 Å². The Morgan fingerprint density at radius 2 is 2.07 bits per heavy atom. The standard InChI is InChI=1S/C20H24N6OS/c1-5-28-20-22-21-18(24(20)3)17-15-12-26(10-9-16(15)25(4)23-17)19(27)14-8-6-7-13(2)11-14/h6-8,11H,5,9-10,12H2,1-4H3. The minimum absolute atomic E-state index is 0.0596.